The lowest BCUT2D eigenvalue weighted by molar-refractivity contribution is 0.862. The van der Waals surface area contributed by atoms with Crippen LogP contribution in [0.25, 0.3) is 6.08 Å². The zero-order valence-electron chi connectivity index (χ0n) is 9.30. The van der Waals surface area contributed by atoms with Gasteiger partial charge in [-0.15, -0.1) is 0 Å². The van der Waals surface area contributed by atoms with Gasteiger partial charge in [-0.2, -0.15) is 0 Å². The minimum absolute atomic E-state index is 0.636. The molecule has 1 aliphatic rings. The van der Waals surface area contributed by atoms with E-state index in [1.807, 2.05) is 0 Å². The molecule has 0 unspecified atom stereocenters. The molecule has 0 heteroatoms. The van der Waals surface area contributed by atoms with Gasteiger partial charge >= 0.3 is 0 Å². The molecule has 0 aromatic heterocycles. The van der Waals surface area contributed by atoms with E-state index in [9.17, 15) is 0 Å². The predicted molar refractivity (Wildman–Crippen MR) is 62.5 cm³/mol. The van der Waals surface area contributed by atoms with E-state index in [1.165, 1.54) is 29.5 Å². The van der Waals surface area contributed by atoms with Crippen molar-refractivity contribution in [2.24, 2.45) is 0 Å². The third kappa shape index (κ3) is 1.50. The first kappa shape index (κ1) is 9.51. The summed E-state index contributed by atoms with van der Waals surface area (Å²) in [6.07, 6.45) is 4.75. The van der Waals surface area contributed by atoms with E-state index in [-0.39, 0.29) is 0 Å². The molecule has 0 amide bonds. The fourth-order valence-corrected chi connectivity index (χ4v) is 2.19. The van der Waals surface area contributed by atoms with E-state index in [4.69, 9.17) is 0 Å². The Kier molecular flexibility index (Phi) is 2.45. The van der Waals surface area contributed by atoms with Gasteiger partial charge in [-0.05, 0) is 35.4 Å². The predicted octanol–water partition coefficient (Wildman–Crippen LogP) is 4.16. The third-order valence-electron chi connectivity index (χ3n) is 3.07. The van der Waals surface area contributed by atoms with Crippen LogP contribution in [-0.2, 0) is 6.42 Å². The summed E-state index contributed by atoms with van der Waals surface area (Å²) >= 11 is 0. The monoisotopic (exact) mass is 186 g/mol. The SMILES string of the molecule is CCC1=Cc2c(cccc2C(C)C)C1. The van der Waals surface area contributed by atoms with Gasteiger partial charge in [0.2, 0.25) is 0 Å². The molecule has 2 rings (SSSR count). The van der Waals surface area contributed by atoms with Crippen LogP contribution in [0.1, 0.15) is 49.8 Å². The maximum Gasteiger partial charge on any atom is -0.00578 e. The molecule has 0 saturated heterocycles. The van der Waals surface area contributed by atoms with E-state index < -0.39 is 0 Å². The molecule has 0 aliphatic heterocycles. The molecule has 0 radical (unpaired) electrons. The zero-order chi connectivity index (χ0) is 10.1. The van der Waals surface area contributed by atoms with Gasteiger partial charge in [0, 0.05) is 0 Å². The van der Waals surface area contributed by atoms with Crippen molar-refractivity contribution in [3.05, 3.63) is 40.5 Å². The summed E-state index contributed by atoms with van der Waals surface area (Å²) in [4.78, 5) is 0. The van der Waals surface area contributed by atoms with E-state index in [1.54, 1.807) is 5.57 Å². The van der Waals surface area contributed by atoms with Gasteiger partial charge in [0.15, 0.2) is 0 Å². The Balaban J connectivity index is 2.47. The van der Waals surface area contributed by atoms with Gasteiger partial charge in [0.05, 0.1) is 0 Å². The number of rotatable bonds is 2. The Morgan fingerprint density at radius 3 is 2.71 bits per heavy atom. The fourth-order valence-electron chi connectivity index (χ4n) is 2.19. The standard InChI is InChI=1S/C14H18/c1-4-11-8-12-6-5-7-13(10(2)3)14(12)9-11/h5-7,9-10H,4,8H2,1-3H3. The molecule has 0 spiro atoms. The van der Waals surface area contributed by atoms with Crippen molar-refractivity contribution >= 4 is 6.08 Å². The number of fused-ring (bicyclic) bond motifs is 1. The smallest absolute Gasteiger partial charge is 0.00578 e. The first-order valence-electron chi connectivity index (χ1n) is 5.53. The van der Waals surface area contributed by atoms with Gasteiger partial charge < -0.3 is 0 Å². The minimum Gasteiger partial charge on any atom is -0.0655 e. The van der Waals surface area contributed by atoms with Gasteiger partial charge in [-0.3, -0.25) is 0 Å². The number of allylic oxidation sites excluding steroid dienone is 1. The maximum absolute atomic E-state index is 2.39. The van der Waals surface area contributed by atoms with Gasteiger partial charge in [-0.1, -0.05) is 50.6 Å². The Morgan fingerprint density at radius 2 is 2.07 bits per heavy atom. The van der Waals surface area contributed by atoms with Gasteiger partial charge in [0.1, 0.15) is 0 Å². The molecule has 0 bridgehead atoms. The lowest BCUT2D eigenvalue weighted by Crippen LogP contribution is -1.93. The highest BCUT2D eigenvalue weighted by atomic mass is 14.2. The number of benzene rings is 1. The normalized spacial score (nSPS) is 14.4. The van der Waals surface area contributed by atoms with Crippen LogP contribution in [0.15, 0.2) is 23.8 Å². The molecule has 0 saturated carbocycles. The molecule has 0 fully saturated rings. The van der Waals surface area contributed by atoms with Crippen LogP contribution in [0.2, 0.25) is 0 Å². The molecular weight excluding hydrogens is 168 g/mol. The maximum atomic E-state index is 2.39. The lowest BCUT2D eigenvalue weighted by Gasteiger charge is -2.10. The summed E-state index contributed by atoms with van der Waals surface area (Å²) in [5.41, 5.74) is 6.10. The highest BCUT2D eigenvalue weighted by Crippen LogP contribution is 2.32. The second kappa shape index (κ2) is 3.61. The first-order chi connectivity index (χ1) is 6.72. The van der Waals surface area contributed by atoms with Crippen LogP contribution in [0.3, 0.4) is 0 Å². The summed E-state index contributed by atoms with van der Waals surface area (Å²) < 4.78 is 0. The Bertz CT molecular complexity index is 370. The van der Waals surface area contributed by atoms with Crippen molar-refractivity contribution < 1.29 is 0 Å². The Hall–Kier alpha value is -1.04. The minimum atomic E-state index is 0.636. The van der Waals surface area contributed by atoms with Crippen molar-refractivity contribution in [1.82, 2.24) is 0 Å². The molecule has 0 atom stereocenters. The van der Waals surface area contributed by atoms with Crippen molar-refractivity contribution in [2.75, 3.05) is 0 Å². The number of hydrogen-bond acceptors (Lipinski definition) is 0. The van der Waals surface area contributed by atoms with Crippen molar-refractivity contribution in [3.8, 4) is 0 Å². The second-order valence-electron chi connectivity index (χ2n) is 4.41. The van der Waals surface area contributed by atoms with Crippen LogP contribution in [0.5, 0.6) is 0 Å². The Morgan fingerprint density at radius 1 is 1.29 bits per heavy atom. The lowest BCUT2D eigenvalue weighted by atomic mass is 9.95. The zero-order valence-corrected chi connectivity index (χ0v) is 9.30. The van der Waals surface area contributed by atoms with Crippen LogP contribution in [0, 0.1) is 0 Å². The summed E-state index contributed by atoms with van der Waals surface area (Å²) in [5.74, 6) is 0.636. The molecular formula is C14H18. The molecule has 0 heterocycles. The molecule has 1 aromatic rings. The van der Waals surface area contributed by atoms with Crippen molar-refractivity contribution in [3.63, 3.8) is 0 Å². The second-order valence-corrected chi connectivity index (χ2v) is 4.41. The molecule has 14 heavy (non-hydrogen) atoms. The highest BCUT2D eigenvalue weighted by Gasteiger charge is 2.15. The Labute approximate surface area is 86.7 Å². The first-order valence-corrected chi connectivity index (χ1v) is 5.53. The summed E-state index contributed by atoms with van der Waals surface area (Å²) in [6, 6.07) is 6.72. The van der Waals surface area contributed by atoms with Gasteiger partial charge in [0.25, 0.3) is 0 Å². The molecule has 1 aromatic carbocycles. The summed E-state index contributed by atoms with van der Waals surface area (Å²) in [5, 5.41) is 0. The molecule has 1 aliphatic carbocycles. The molecule has 0 nitrogen and oxygen atoms in total. The van der Waals surface area contributed by atoms with Gasteiger partial charge in [-0.25, -0.2) is 0 Å². The van der Waals surface area contributed by atoms with Crippen LogP contribution in [-0.4, -0.2) is 0 Å². The summed E-state index contributed by atoms with van der Waals surface area (Å²) in [7, 11) is 0. The third-order valence-corrected chi connectivity index (χ3v) is 3.07. The van der Waals surface area contributed by atoms with E-state index in [2.05, 4.69) is 45.0 Å². The van der Waals surface area contributed by atoms with E-state index in [0.29, 0.717) is 5.92 Å². The van der Waals surface area contributed by atoms with E-state index in [0.717, 1.165) is 0 Å². The van der Waals surface area contributed by atoms with Crippen LogP contribution < -0.4 is 0 Å². The average molecular weight is 186 g/mol. The van der Waals surface area contributed by atoms with E-state index >= 15 is 0 Å². The van der Waals surface area contributed by atoms with Crippen LogP contribution in [0.4, 0.5) is 0 Å². The fraction of sp³-hybridized carbons (Fsp3) is 0.429. The summed E-state index contributed by atoms with van der Waals surface area (Å²) in [6.45, 7) is 6.79. The van der Waals surface area contributed by atoms with Crippen molar-refractivity contribution in [1.29, 1.82) is 0 Å². The number of hydrogen-bond donors (Lipinski definition) is 0. The van der Waals surface area contributed by atoms with Crippen LogP contribution >= 0.6 is 0 Å². The molecule has 74 valence electrons. The quantitative estimate of drug-likeness (QED) is 0.650. The molecule has 0 N–H and O–H groups in total. The largest absolute Gasteiger partial charge is 0.0655 e. The topological polar surface area (TPSA) is 0 Å². The van der Waals surface area contributed by atoms with Crippen molar-refractivity contribution in [2.45, 2.75) is 39.5 Å². The highest BCUT2D eigenvalue weighted by molar-refractivity contribution is 5.67. The average Bonchev–Trinajstić information content (AvgIpc) is 2.59.